The molecule has 11 nitrogen and oxygen atoms in total. The summed E-state index contributed by atoms with van der Waals surface area (Å²) in [6, 6.07) is 17.1. The van der Waals surface area contributed by atoms with Gasteiger partial charge < -0.3 is 14.8 Å². The Labute approximate surface area is 238 Å². The summed E-state index contributed by atoms with van der Waals surface area (Å²) in [5, 5.41) is 8.31. The number of nitrogens with zero attached hydrogens (tertiary/aromatic N) is 4. The van der Waals surface area contributed by atoms with Gasteiger partial charge in [-0.05, 0) is 74.8 Å². The predicted molar refractivity (Wildman–Crippen MR) is 155 cm³/mol. The van der Waals surface area contributed by atoms with Gasteiger partial charge in [0.25, 0.3) is 0 Å². The van der Waals surface area contributed by atoms with Crippen LogP contribution in [0, 0.1) is 0 Å². The number of sulfonamides is 1. The molecule has 1 aliphatic rings. The van der Waals surface area contributed by atoms with E-state index in [1.165, 1.54) is 25.0 Å². The van der Waals surface area contributed by atoms with Gasteiger partial charge in [-0.2, -0.15) is 4.98 Å². The van der Waals surface area contributed by atoms with Crippen LogP contribution in [0.3, 0.4) is 0 Å². The average molecular weight is 577 g/mol. The first kappa shape index (κ1) is 28.4. The summed E-state index contributed by atoms with van der Waals surface area (Å²) in [6.07, 6.45) is 2.41. The number of likely N-dealkylation sites (tertiary alicyclic amines) is 1. The number of esters is 1. The summed E-state index contributed by atoms with van der Waals surface area (Å²) in [6.45, 7) is 5.90. The van der Waals surface area contributed by atoms with Crippen LogP contribution in [0.2, 0.25) is 0 Å². The number of anilines is 1. The largest absolute Gasteiger partial charge is 0.476 e. The smallest absolute Gasteiger partial charge is 0.338 e. The average Bonchev–Trinajstić information content (AvgIpc) is 3.49. The lowest BCUT2D eigenvalue weighted by Crippen LogP contribution is -2.25. The first-order valence-corrected chi connectivity index (χ1v) is 15.0. The molecular weight excluding hydrogens is 544 g/mol. The minimum atomic E-state index is -3.75. The first-order chi connectivity index (χ1) is 19.8. The van der Waals surface area contributed by atoms with Crippen molar-refractivity contribution in [3.63, 3.8) is 0 Å². The van der Waals surface area contributed by atoms with E-state index in [1.807, 2.05) is 31.2 Å². The zero-order valence-electron chi connectivity index (χ0n) is 22.7. The number of ether oxygens (including phenoxy) is 2. The number of pyridine rings is 1. The minimum absolute atomic E-state index is 0.0474. The Morgan fingerprint density at radius 2 is 1.71 bits per heavy atom. The van der Waals surface area contributed by atoms with Gasteiger partial charge in [-0.3, -0.25) is 4.90 Å². The number of carbonyl (C=O) groups is 1. The summed E-state index contributed by atoms with van der Waals surface area (Å²) < 4.78 is 34.2. The molecule has 1 fully saturated rings. The lowest BCUT2D eigenvalue weighted by molar-refractivity contribution is 0.0472. The monoisotopic (exact) mass is 576 g/mol. The summed E-state index contributed by atoms with van der Waals surface area (Å²) in [7, 11) is -3.75. The van der Waals surface area contributed by atoms with Crippen LogP contribution in [0.4, 0.5) is 5.95 Å². The Balaban J connectivity index is 1.28. The van der Waals surface area contributed by atoms with Crippen molar-refractivity contribution in [1.82, 2.24) is 19.9 Å². The fraction of sp³-hybridized carbons (Fsp3) is 0.310. The van der Waals surface area contributed by atoms with Crippen molar-refractivity contribution in [2.75, 3.05) is 38.2 Å². The molecule has 0 saturated carbocycles. The van der Waals surface area contributed by atoms with Crippen molar-refractivity contribution in [3.8, 4) is 17.1 Å². The van der Waals surface area contributed by atoms with E-state index in [0.29, 0.717) is 53.9 Å². The van der Waals surface area contributed by atoms with Gasteiger partial charge in [0.1, 0.15) is 6.61 Å². The molecule has 4 aromatic rings. The Hall–Kier alpha value is -4.13. The Kier molecular flexibility index (Phi) is 8.72. The number of nitrogens with two attached hydrogens (primary N) is 1. The molecule has 2 aromatic carbocycles. The van der Waals surface area contributed by atoms with E-state index in [2.05, 4.69) is 20.2 Å². The molecule has 0 aliphatic carbocycles. The summed E-state index contributed by atoms with van der Waals surface area (Å²) in [5.41, 5.74) is 3.94. The second kappa shape index (κ2) is 12.6. The van der Waals surface area contributed by atoms with Crippen LogP contribution in [-0.2, 0) is 21.3 Å². The van der Waals surface area contributed by atoms with E-state index >= 15 is 0 Å². The van der Waals surface area contributed by atoms with Gasteiger partial charge in [0.2, 0.25) is 21.9 Å². The molecular formula is C29H32N6O5S. The summed E-state index contributed by atoms with van der Waals surface area (Å²) in [4.78, 5) is 28.6. The maximum absolute atomic E-state index is 12.5. The number of rotatable bonds is 11. The Morgan fingerprint density at radius 3 is 2.39 bits per heavy atom. The Morgan fingerprint density at radius 1 is 0.976 bits per heavy atom. The standard InChI is InChI=1S/C29H32N6O5S/c1-2-39-27-26-25(33-29(34-27)31-19-20-5-11-23(12-6-20)41(30,37)38)14-13-24(32-26)21-7-9-22(10-8-21)28(36)40-18-17-35-15-3-4-16-35/h5-14H,2-4,15-19H2,1H3,(H2,30,37,38)(H,31,33,34). The maximum Gasteiger partial charge on any atom is 0.338 e. The van der Waals surface area contributed by atoms with E-state index in [-0.39, 0.29) is 10.9 Å². The van der Waals surface area contributed by atoms with Crippen LogP contribution in [0.25, 0.3) is 22.3 Å². The fourth-order valence-electron chi connectivity index (χ4n) is 4.58. The van der Waals surface area contributed by atoms with Gasteiger partial charge in [0, 0.05) is 18.7 Å². The molecule has 5 rings (SSSR count). The third-order valence-electron chi connectivity index (χ3n) is 6.75. The zero-order valence-corrected chi connectivity index (χ0v) is 23.6. The third kappa shape index (κ3) is 7.15. The van der Waals surface area contributed by atoms with Crippen LogP contribution in [-0.4, -0.2) is 67.1 Å². The molecule has 0 spiro atoms. The van der Waals surface area contributed by atoms with Gasteiger partial charge in [0.15, 0.2) is 5.52 Å². The highest BCUT2D eigenvalue weighted by atomic mass is 32.2. The number of carbonyl (C=O) groups excluding carboxylic acids is 1. The maximum atomic E-state index is 12.5. The van der Waals surface area contributed by atoms with Crippen LogP contribution >= 0.6 is 0 Å². The van der Waals surface area contributed by atoms with Gasteiger partial charge in [-0.15, -0.1) is 0 Å². The molecule has 12 heteroatoms. The molecule has 1 saturated heterocycles. The van der Waals surface area contributed by atoms with Gasteiger partial charge >= 0.3 is 5.97 Å². The van der Waals surface area contributed by atoms with Crippen molar-refractivity contribution in [3.05, 3.63) is 71.8 Å². The zero-order chi connectivity index (χ0) is 28.8. The number of hydrogen-bond acceptors (Lipinski definition) is 10. The highest BCUT2D eigenvalue weighted by Crippen LogP contribution is 2.27. The number of benzene rings is 2. The van der Waals surface area contributed by atoms with Crippen LogP contribution in [0.5, 0.6) is 5.88 Å². The van der Waals surface area contributed by atoms with E-state index in [4.69, 9.17) is 19.6 Å². The van der Waals surface area contributed by atoms with Gasteiger partial charge in [0.05, 0.1) is 28.3 Å². The van der Waals surface area contributed by atoms with Crippen LogP contribution in [0.1, 0.15) is 35.7 Å². The second-order valence-corrected chi connectivity index (χ2v) is 11.2. The van der Waals surface area contributed by atoms with Crippen molar-refractivity contribution in [2.24, 2.45) is 5.14 Å². The topological polar surface area (TPSA) is 150 Å². The molecule has 1 aliphatic heterocycles. The molecule has 0 bridgehead atoms. The number of fused-ring (bicyclic) bond motifs is 1. The fourth-order valence-corrected chi connectivity index (χ4v) is 5.09. The molecule has 0 radical (unpaired) electrons. The van der Waals surface area contributed by atoms with Crippen molar-refractivity contribution in [2.45, 2.75) is 31.2 Å². The lowest BCUT2D eigenvalue weighted by atomic mass is 10.1. The molecule has 3 heterocycles. The highest BCUT2D eigenvalue weighted by molar-refractivity contribution is 7.89. The quantitative estimate of drug-likeness (QED) is 0.254. The minimum Gasteiger partial charge on any atom is -0.476 e. The molecule has 0 atom stereocenters. The van der Waals surface area contributed by atoms with E-state index in [9.17, 15) is 13.2 Å². The number of hydrogen-bond donors (Lipinski definition) is 2. The number of primary sulfonamides is 1. The molecule has 214 valence electrons. The Bertz CT molecular complexity index is 1620. The van der Waals surface area contributed by atoms with E-state index in [0.717, 1.165) is 30.8 Å². The second-order valence-electron chi connectivity index (χ2n) is 9.65. The lowest BCUT2D eigenvalue weighted by Gasteiger charge is -2.14. The van der Waals surface area contributed by atoms with Crippen LogP contribution in [0.15, 0.2) is 65.6 Å². The SMILES string of the molecule is CCOc1nc(NCc2ccc(S(N)(=O)=O)cc2)nc2ccc(-c3ccc(C(=O)OCCN4CCCC4)cc3)nc12. The van der Waals surface area contributed by atoms with Gasteiger partial charge in [-0.1, -0.05) is 24.3 Å². The normalized spacial score (nSPS) is 13.8. The van der Waals surface area contributed by atoms with Crippen LogP contribution < -0.4 is 15.2 Å². The van der Waals surface area contributed by atoms with E-state index < -0.39 is 10.0 Å². The number of nitrogens with one attached hydrogen (secondary N) is 1. The van der Waals surface area contributed by atoms with Gasteiger partial charge in [-0.25, -0.2) is 28.3 Å². The molecule has 3 N–H and O–H groups in total. The molecule has 41 heavy (non-hydrogen) atoms. The summed E-state index contributed by atoms with van der Waals surface area (Å²) >= 11 is 0. The predicted octanol–water partition coefficient (Wildman–Crippen LogP) is 3.60. The molecule has 0 unspecified atom stereocenters. The molecule has 2 aromatic heterocycles. The molecule has 0 amide bonds. The van der Waals surface area contributed by atoms with Crippen molar-refractivity contribution in [1.29, 1.82) is 0 Å². The van der Waals surface area contributed by atoms with Crippen molar-refractivity contribution >= 4 is 33.0 Å². The first-order valence-electron chi connectivity index (χ1n) is 13.5. The van der Waals surface area contributed by atoms with Crippen molar-refractivity contribution < 1.29 is 22.7 Å². The van der Waals surface area contributed by atoms with E-state index in [1.54, 1.807) is 24.3 Å². The third-order valence-corrected chi connectivity index (χ3v) is 7.68. The highest BCUT2D eigenvalue weighted by Gasteiger charge is 2.15. The number of aromatic nitrogens is 3. The summed E-state index contributed by atoms with van der Waals surface area (Å²) in [5.74, 6) is 0.345.